The van der Waals surface area contributed by atoms with E-state index in [9.17, 15) is 5.11 Å². The number of hydrogen-bond donors (Lipinski definition) is 2. The molecule has 0 aliphatic carbocycles. The Morgan fingerprint density at radius 2 is 2.19 bits per heavy atom. The van der Waals surface area contributed by atoms with Gasteiger partial charge in [0.25, 0.3) is 0 Å². The van der Waals surface area contributed by atoms with Gasteiger partial charge in [-0.15, -0.1) is 0 Å². The molecule has 0 aromatic carbocycles. The molecule has 0 bridgehead atoms. The molecule has 0 rings (SSSR count). The van der Waals surface area contributed by atoms with Crippen LogP contribution in [0, 0.1) is 0 Å². The first kappa shape index (κ1) is 14.9. The fraction of sp³-hybridized carbons (Fsp3) is 0.429. The van der Waals surface area contributed by atoms with Crippen molar-refractivity contribution >= 4 is 0 Å². The predicted octanol–water partition coefficient (Wildman–Crippen LogP) is 2.59. The third-order valence-corrected chi connectivity index (χ3v) is 2.27. The number of allylic oxidation sites excluding steroid dienone is 4. The van der Waals surface area contributed by atoms with E-state index in [0.29, 0.717) is 6.54 Å². The molecule has 0 heterocycles. The molecule has 0 saturated carbocycles. The van der Waals surface area contributed by atoms with Crippen LogP contribution in [0.3, 0.4) is 0 Å². The van der Waals surface area contributed by atoms with Crippen LogP contribution in [0.4, 0.5) is 0 Å². The standard InChI is InChI=1S/C14H23NO/c1-5-7-12(3)9-10-15-11-14(16)13(4)8-6-2/h5-8,14-16H,2-3,9-11H2,1,4H3. The number of hydrogen-bond acceptors (Lipinski definition) is 2. The summed E-state index contributed by atoms with van der Waals surface area (Å²) in [6.45, 7) is 12.8. The topological polar surface area (TPSA) is 32.3 Å². The minimum absolute atomic E-state index is 0.437. The van der Waals surface area contributed by atoms with E-state index >= 15 is 0 Å². The van der Waals surface area contributed by atoms with Crippen LogP contribution in [0.25, 0.3) is 0 Å². The Bertz CT molecular complexity index is 276. The third-order valence-electron chi connectivity index (χ3n) is 2.27. The van der Waals surface area contributed by atoms with Crippen molar-refractivity contribution in [3.05, 3.63) is 48.6 Å². The summed E-state index contributed by atoms with van der Waals surface area (Å²) in [5.74, 6) is 0. The molecule has 2 nitrogen and oxygen atoms in total. The Hall–Kier alpha value is -1.12. The van der Waals surface area contributed by atoms with E-state index in [1.165, 1.54) is 0 Å². The maximum atomic E-state index is 9.70. The fourth-order valence-electron chi connectivity index (χ4n) is 1.26. The smallest absolute Gasteiger partial charge is 0.0874 e. The van der Waals surface area contributed by atoms with Crippen LogP contribution in [0.5, 0.6) is 0 Å². The van der Waals surface area contributed by atoms with Crippen molar-refractivity contribution in [1.29, 1.82) is 0 Å². The zero-order valence-electron chi connectivity index (χ0n) is 10.4. The van der Waals surface area contributed by atoms with Crippen molar-refractivity contribution in [2.75, 3.05) is 13.1 Å². The summed E-state index contributed by atoms with van der Waals surface area (Å²) in [5, 5.41) is 12.9. The van der Waals surface area contributed by atoms with Gasteiger partial charge in [-0.05, 0) is 32.4 Å². The van der Waals surface area contributed by atoms with Crippen molar-refractivity contribution in [2.24, 2.45) is 0 Å². The zero-order chi connectivity index (χ0) is 12.4. The molecular formula is C14H23NO. The Morgan fingerprint density at radius 3 is 2.75 bits per heavy atom. The summed E-state index contributed by atoms with van der Waals surface area (Å²) in [6.07, 6.45) is 7.96. The summed E-state index contributed by atoms with van der Waals surface area (Å²) in [6, 6.07) is 0. The highest BCUT2D eigenvalue weighted by Crippen LogP contribution is 2.01. The summed E-state index contributed by atoms with van der Waals surface area (Å²) in [5.41, 5.74) is 2.03. The second-order valence-electron chi connectivity index (χ2n) is 3.77. The largest absolute Gasteiger partial charge is 0.387 e. The maximum absolute atomic E-state index is 9.70. The molecule has 2 heteroatoms. The van der Waals surface area contributed by atoms with Gasteiger partial charge in [-0.2, -0.15) is 0 Å². The van der Waals surface area contributed by atoms with E-state index in [4.69, 9.17) is 0 Å². The highest BCUT2D eigenvalue weighted by Gasteiger charge is 2.04. The Kier molecular flexibility index (Phi) is 8.49. The molecule has 0 saturated heterocycles. The van der Waals surface area contributed by atoms with Crippen LogP contribution in [0.1, 0.15) is 20.3 Å². The minimum Gasteiger partial charge on any atom is -0.387 e. The normalized spacial score (nSPS) is 14.1. The monoisotopic (exact) mass is 221 g/mol. The molecule has 16 heavy (non-hydrogen) atoms. The van der Waals surface area contributed by atoms with Crippen molar-refractivity contribution in [3.8, 4) is 0 Å². The summed E-state index contributed by atoms with van der Waals surface area (Å²) in [4.78, 5) is 0. The lowest BCUT2D eigenvalue weighted by molar-refractivity contribution is 0.207. The number of rotatable bonds is 8. The van der Waals surface area contributed by atoms with E-state index in [2.05, 4.69) is 18.5 Å². The lowest BCUT2D eigenvalue weighted by Gasteiger charge is -2.12. The van der Waals surface area contributed by atoms with Crippen LogP contribution in [-0.4, -0.2) is 24.3 Å². The molecule has 1 atom stereocenters. The van der Waals surface area contributed by atoms with Crippen LogP contribution in [0.15, 0.2) is 48.6 Å². The van der Waals surface area contributed by atoms with E-state index in [1.807, 2.05) is 32.1 Å². The first-order valence-electron chi connectivity index (χ1n) is 5.60. The SMILES string of the molecule is C=CC=C(C)C(O)CNCCC(=C)C=CC. The average Bonchev–Trinajstić information content (AvgIpc) is 2.24. The first-order valence-corrected chi connectivity index (χ1v) is 5.60. The van der Waals surface area contributed by atoms with Gasteiger partial charge in [-0.25, -0.2) is 0 Å². The van der Waals surface area contributed by atoms with Crippen LogP contribution in [-0.2, 0) is 0 Å². The summed E-state index contributed by atoms with van der Waals surface area (Å²) >= 11 is 0. The number of nitrogens with one attached hydrogen (secondary N) is 1. The highest BCUT2D eigenvalue weighted by atomic mass is 16.3. The Morgan fingerprint density at radius 1 is 1.50 bits per heavy atom. The Labute approximate surface area is 99.1 Å². The van der Waals surface area contributed by atoms with Crippen LogP contribution in [0.2, 0.25) is 0 Å². The third kappa shape index (κ3) is 7.21. The van der Waals surface area contributed by atoms with Gasteiger partial charge in [0.2, 0.25) is 0 Å². The maximum Gasteiger partial charge on any atom is 0.0874 e. The van der Waals surface area contributed by atoms with Crippen molar-refractivity contribution in [3.63, 3.8) is 0 Å². The predicted molar refractivity (Wildman–Crippen MR) is 71.4 cm³/mol. The fourth-order valence-corrected chi connectivity index (χ4v) is 1.26. The molecule has 1 unspecified atom stereocenters. The van der Waals surface area contributed by atoms with E-state index in [1.54, 1.807) is 6.08 Å². The molecular weight excluding hydrogens is 198 g/mol. The molecule has 0 aromatic heterocycles. The molecule has 2 N–H and O–H groups in total. The highest BCUT2D eigenvalue weighted by molar-refractivity contribution is 5.14. The van der Waals surface area contributed by atoms with E-state index < -0.39 is 6.10 Å². The van der Waals surface area contributed by atoms with Gasteiger partial charge in [0.05, 0.1) is 6.10 Å². The zero-order valence-corrected chi connectivity index (χ0v) is 10.4. The Balaban J connectivity index is 3.70. The van der Waals surface area contributed by atoms with Gasteiger partial charge in [-0.1, -0.05) is 43.0 Å². The molecule has 0 aliphatic heterocycles. The molecule has 0 radical (unpaired) electrons. The average molecular weight is 221 g/mol. The van der Waals surface area contributed by atoms with Gasteiger partial charge >= 0.3 is 0 Å². The second-order valence-corrected chi connectivity index (χ2v) is 3.77. The van der Waals surface area contributed by atoms with Crippen LogP contribution >= 0.6 is 0 Å². The van der Waals surface area contributed by atoms with Crippen molar-refractivity contribution in [1.82, 2.24) is 5.32 Å². The van der Waals surface area contributed by atoms with Gasteiger partial charge in [0, 0.05) is 6.54 Å². The number of aliphatic hydroxyl groups excluding tert-OH is 1. The van der Waals surface area contributed by atoms with Crippen molar-refractivity contribution in [2.45, 2.75) is 26.4 Å². The van der Waals surface area contributed by atoms with E-state index in [0.717, 1.165) is 24.1 Å². The molecule has 0 spiro atoms. The van der Waals surface area contributed by atoms with Gasteiger partial charge in [0.15, 0.2) is 0 Å². The summed E-state index contributed by atoms with van der Waals surface area (Å²) < 4.78 is 0. The minimum atomic E-state index is -0.437. The quantitative estimate of drug-likeness (QED) is 0.488. The molecule has 90 valence electrons. The second kappa shape index (κ2) is 9.13. The molecule has 0 aromatic rings. The van der Waals surface area contributed by atoms with Crippen molar-refractivity contribution < 1.29 is 5.11 Å². The first-order chi connectivity index (χ1) is 7.61. The summed E-state index contributed by atoms with van der Waals surface area (Å²) in [7, 11) is 0. The lowest BCUT2D eigenvalue weighted by atomic mass is 10.1. The molecule has 0 fully saturated rings. The van der Waals surface area contributed by atoms with Gasteiger partial charge in [0.1, 0.15) is 0 Å². The number of aliphatic hydroxyl groups is 1. The molecule has 0 aliphatic rings. The van der Waals surface area contributed by atoms with Gasteiger partial charge in [-0.3, -0.25) is 0 Å². The van der Waals surface area contributed by atoms with E-state index in [-0.39, 0.29) is 0 Å². The molecule has 0 amide bonds. The van der Waals surface area contributed by atoms with Gasteiger partial charge < -0.3 is 10.4 Å². The lowest BCUT2D eigenvalue weighted by Crippen LogP contribution is -2.28. The van der Waals surface area contributed by atoms with Crippen LogP contribution < -0.4 is 5.32 Å².